The Balaban J connectivity index is 1.80. The zero-order valence-electron chi connectivity index (χ0n) is 10.8. The van der Waals surface area contributed by atoms with Gasteiger partial charge in [0.05, 0.1) is 0 Å². The van der Waals surface area contributed by atoms with E-state index in [1.807, 2.05) is 11.3 Å². The van der Waals surface area contributed by atoms with Crippen LogP contribution in [0.5, 0.6) is 0 Å². The second-order valence-corrected chi connectivity index (χ2v) is 6.27. The number of piperidine rings is 1. The lowest BCUT2D eigenvalue weighted by Crippen LogP contribution is -2.44. The highest BCUT2D eigenvalue weighted by Crippen LogP contribution is 2.28. The Morgan fingerprint density at radius 1 is 1.39 bits per heavy atom. The monoisotopic (exact) mass is 260 g/mol. The van der Waals surface area contributed by atoms with Crippen molar-refractivity contribution in [3.8, 4) is 0 Å². The molecule has 0 saturated carbocycles. The van der Waals surface area contributed by atoms with Gasteiger partial charge in [-0.15, -0.1) is 11.3 Å². The van der Waals surface area contributed by atoms with E-state index in [4.69, 9.17) is 5.73 Å². The highest BCUT2D eigenvalue weighted by Gasteiger charge is 2.23. The lowest BCUT2D eigenvalue weighted by molar-refractivity contribution is 0.140. The largest absolute Gasteiger partial charge is 0.328 e. The summed E-state index contributed by atoms with van der Waals surface area (Å²) in [6, 6.07) is 9.70. The minimum absolute atomic E-state index is 0.399. The molecule has 2 heterocycles. The summed E-state index contributed by atoms with van der Waals surface area (Å²) in [7, 11) is 0. The van der Waals surface area contributed by atoms with Gasteiger partial charge in [0.15, 0.2) is 0 Å². The van der Waals surface area contributed by atoms with Gasteiger partial charge in [-0.05, 0) is 42.2 Å². The number of nitrogens with two attached hydrogens (primary N) is 1. The van der Waals surface area contributed by atoms with Crippen LogP contribution in [-0.4, -0.2) is 23.5 Å². The molecule has 96 valence electrons. The van der Waals surface area contributed by atoms with E-state index < -0.39 is 0 Å². The van der Waals surface area contributed by atoms with E-state index in [2.05, 4.69) is 41.5 Å². The fraction of sp³-hybridized carbons (Fsp3) is 0.467. The van der Waals surface area contributed by atoms with Crippen molar-refractivity contribution in [1.82, 2.24) is 4.90 Å². The van der Waals surface area contributed by atoms with Crippen LogP contribution >= 0.6 is 11.3 Å². The number of likely N-dealkylation sites (tertiary alicyclic amines) is 1. The number of hydrogen-bond donors (Lipinski definition) is 1. The summed E-state index contributed by atoms with van der Waals surface area (Å²) in [6.45, 7) is 4.50. The van der Waals surface area contributed by atoms with Crippen LogP contribution in [0.25, 0.3) is 10.1 Å². The average Bonchev–Trinajstić information content (AvgIpc) is 2.76. The van der Waals surface area contributed by atoms with E-state index in [9.17, 15) is 0 Å². The van der Waals surface area contributed by atoms with E-state index >= 15 is 0 Å². The maximum atomic E-state index is 6.03. The predicted molar refractivity (Wildman–Crippen MR) is 78.9 cm³/mol. The molecular formula is C15H20N2S. The SMILES string of the molecule is CC1CC(N)CCN1Cc1csc2ccccc12. The highest BCUT2D eigenvalue weighted by molar-refractivity contribution is 7.17. The first-order valence-corrected chi connectivity index (χ1v) is 7.57. The van der Waals surface area contributed by atoms with Crippen LogP contribution in [0.2, 0.25) is 0 Å². The Bertz CT molecular complexity index is 534. The van der Waals surface area contributed by atoms with E-state index in [1.54, 1.807) is 0 Å². The molecule has 1 aromatic carbocycles. The van der Waals surface area contributed by atoms with Gasteiger partial charge in [0.1, 0.15) is 0 Å². The van der Waals surface area contributed by atoms with Gasteiger partial charge in [-0.25, -0.2) is 0 Å². The Morgan fingerprint density at radius 2 is 2.22 bits per heavy atom. The molecular weight excluding hydrogens is 240 g/mol. The summed E-state index contributed by atoms with van der Waals surface area (Å²) in [5.74, 6) is 0. The number of rotatable bonds is 2. The smallest absolute Gasteiger partial charge is 0.0346 e. The molecule has 2 atom stereocenters. The first-order chi connectivity index (χ1) is 8.74. The van der Waals surface area contributed by atoms with Gasteiger partial charge in [0, 0.05) is 29.9 Å². The van der Waals surface area contributed by atoms with Crippen LogP contribution in [0.15, 0.2) is 29.6 Å². The molecule has 1 saturated heterocycles. The van der Waals surface area contributed by atoms with Crippen molar-refractivity contribution in [2.45, 2.75) is 38.4 Å². The van der Waals surface area contributed by atoms with Gasteiger partial charge in [-0.3, -0.25) is 4.90 Å². The maximum Gasteiger partial charge on any atom is 0.0346 e. The van der Waals surface area contributed by atoms with E-state index in [-0.39, 0.29) is 0 Å². The first-order valence-electron chi connectivity index (χ1n) is 6.69. The summed E-state index contributed by atoms with van der Waals surface area (Å²) in [5, 5.41) is 3.73. The Morgan fingerprint density at radius 3 is 3.06 bits per heavy atom. The summed E-state index contributed by atoms with van der Waals surface area (Å²) in [5.41, 5.74) is 7.50. The molecule has 2 nitrogen and oxygen atoms in total. The van der Waals surface area contributed by atoms with Crippen molar-refractivity contribution in [3.05, 3.63) is 35.2 Å². The zero-order valence-corrected chi connectivity index (χ0v) is 11.6. The summed E-state index contributed by atoms with van der Waals surface area (Å²) in [4.78, 5) is 2.57. The number of thiophene rings is 1. The fourth-order valence-electron chi connectivity index (χ4n) is 2.87. The molecule has 1 aliphatic rings. The summed E-state index contributed by atoms with van der Waals surface area (Å²) < 4.78 is 1.40. The van der Waals surface area contributed by atoms with Gasteiger partial charge in [0.25, 0.3) is 0 Å². The Kier molecular flexibility index (Phi) is 3.37. The molecule has 2 unspecified atom stereocenters. The van der Waals surface area contributed by atoms with Crippen molar-refractivity contribution < 1.29 is 0 Å². The normalized spacial score (nSPS) is 25.7. The Labute approximate surface area is 112 Å². The molecule has 0 bridgehead atoms. The maximum absolute atomic E-state index is 6.03. The topological polar surface area (TPSA) is 29.3 Å². The molecule has 0 radical (unpaired) electrons. The van der Waals surface area contributed by atoms with Gasteiger partial charge in [0.2, 0.25) is 0 Å². The lowest BCUT2D eigenvalue weighted by Gasteiger charge is -2.36. The van der Waals surface area contributed by atoms with Crippen molar-refractivity contribution in [2.24, 2.45) is 5.73 Å². The van der Waals surface area contributed by atoms with Crippen molar-refractivity contribution in [2.75, 3.05) is 6.54 Å². The van der Waals surface area contributed by atoms with E-state index in [0.717, 1.165) is 25.9 Å². The van der Waals surface area contributed by atoms with Crippen LogP contribution in [0.3, 0.4) is 0 Å². The quantitative estimate of drug-likeness (QED) is 0.898. The fourth-order valence-corrected chi connectivity index (χ4v) is 3.82. The molecule has 0 spiro atoms. The van der Waals surface area contributed by atoms with E-state index in [1.165, 1.54) is 15.6 Å². The molecule has 0 amide bonds. The van der Waals surface area contributed by atoms with Crippen LogP contribution in [0.1, 0.15) is 25.3 Å². The zero-order chi connectivity index (χ0) is 12.5. The number of fused-ring (bicyclic) bond motifs is 1. The molecule has 18 heavy (non-hydrogen) atoms. The third-order valence-corrected chi connectivity index (χ3v) is 5.00. The summed E-state index contributed by atoms with van der Waals surface area (Å²) in [6.07, 6.45) is 2.26. The van der Waals surface area contributed by atoms with Crippen molar-refractivity contribution in [1.29, 1.82) is 0 Å². The number of benzene rings is 1. The number of nitrogens with zero attached hydrogens (tertiary/aromatic N) is 1. The van der Waals surface area contributed by atoms with Crippen LogP contribution in [0, 0.1) is 0 Å². The molecule has 3 rings (SSSR count). The van der Waals surface area contributed by atoms with E-state index in [0.29, 0.717) is 12.1 Å². The van der Waals surface area contributed by atoms with Gasteiger partial charge >= 0.3 is 0 Å². The molecule has 0 aliphatic carbocycles. The molecule has 1 fully saturated rings. The number of hydrogen-bond acceptors (Lipinski definition) is 3. The van der Waals surface area contributed by atoms with Crippen LogP contribution in [-0.2, 0) is 6.54 Å². The average molecular weight is 260 g/mol. The lowest BCUT2D eigenvalue weighted by atomic mass is 9.98. The van der Waals surface area contributed by atoms with Gasteiger partial charge < -0.3 is 5.73 Å². The third-order valence-electron chi connectivity index (χ3n) is 3.99. The van der Waals surface area contributed by atoms with Crippen molar-refractivity contribution >= 4 is 21.4 Å². The van der Waals surface area contributed by atoms with Crippen molar-refractivity contribution in [3.63, 3.8) is 0 Å². The first kappa shape index (κ1) is 12.2. The molecule has 1 aliphatic heterocycles. The molecule has 2 N–H and O–H groups in total. The minimum atomic E-state index is 0.399. The minimum Gasteiger partial charge on any atom is -0.328 e. The Hall–Kier alpha value is -0.900. The van der Waals surface area contributed by atoms with Crippen LogP contribution < -0.4 is 5.73 Å². The third kappa shape index (κ3) is 2.30. The summed E-state index contributed by atoms with van der Waals surface area (Å²) >= 11 is 1.85. The highest BCUT2D eigenvalue weighted by atomic mass is 32.1. The van der Waals surface area contributed by atoms with Crippen LogP contribution in [0.4, 0.5) is 0 Å². The predicted octanol–water partition coefficient (Wildman–Crippen LogP) is 3.21. The standard InChI is InChI=1S/C15H20N2S/c1-11-8-13(16)6-7-17(11)9-12-10-18-15-5-3-2-4-14(12)15/h2-5,10-11,13H,6-9,16H2,1H3. The second-order valence-electron chi connectivity index (χ2n) is 5.36. The second kappa shape index (κ2) is 5.00. The van der Waals surface area contributed by atoms with Gasteiger partial charge in [-0.2, -0.15) is 0 Å². The molecule has 1 aromatic heterocycles. The molecule has 3 heteroatoms. The molecule has 2 aromatic rings. The van der Waals surface area contributed by atoms with Gasteiger partial charge in [-0.1, -0.05) is 18.2 Å².